The van der Waals surface area contributed by atoms with Gasteiger partial charge in [-0.15, -0.1) is 0 Å². The highest BCUT2D eigenvalue weighted by Gasteiger charge is 2.23. The van der Waals surface area contributed by atoms with E-state index in [4.69, 9.17) is 9.15 Å². The van der Waals surface area contributed by atoms with Gasteiger partial charge in [0.05, 0.1) is 18.2 Å². The van der Waals surface area contributed by atoms with E-state index in [9.17, 15) is 9.59 Å². The van der Waals surface area contributed by atoms with Gasteiger partial charge in [0.2, 0.25) is 5.36 Å². The molecule has 0 fully saturated rings. The minimum atomic E-state index is -0.285. The summed E-state index contributed by atoms with van der Waals surface area (Å²) < 4.78 is 14.8. The Balaban J connectivity index is 1.51. The molecule has 1 atom stereocenters. The summed E-state index contributed by atoms with van der Waals surface area (Å²) in [6, 6.07) is 20.6. The van der Waals surface area contributed by atoms with Crippen molar-refractivity contribution in [3.8, 4) is 22.5 Å². The van der Waals surface area contributed by atoms with Gasteiger partial charge >= 0.3 is 5.97 Å². The maximum Gasteiger partial charge on any atom is 0.338 e. The highest BCUT2D eigenvalue weighted by atomic mass is 16.5. The van der Waals surface area contributed by atoms with Gasteiger partial charge in [0.15, 0.2) is 0 Å². The Morgan fingerprint density at radius 2 is 1.46 bits per heavy atom. The second kappa shape index (κ2) is 18.6. The molecule has 0 saturated heterocycles. The molecule has 1 aliphatic heterocycles. The first-order chi connectivity index (χ1) is 23.3. The molecule has 1 aliphatic carbocycles. The van der Waals surface area contributed by atoms with E-state index in [0.717, 1.165) is 103 Å². The number of ether oxygens (including phenoxy) is 1. The summed E-state index contributed by atoms with van der Waals surface area (Å²) in [5, 5.41) is 2.09. The lowest BCUT2D eigenvalue weighted by Crippen LogP contribution is -2.29. The van der Waals surface area contributed by atoms with Crippen LogP contribution in [-0.2, 0) is 9.53 Å². The van der Waals surface area contributed by atoms with E-state index >= 15 is 0 Å². The number of esters is 1. The number of unbranched alkanes of at least 4 members (excludes halogenated alkanes) is 7. The minimum Gasteiger partial charge on any atom is -0.462 e. The van der Waals surface area contributed by atoms with Crippen LogP contribution in [0.3, 0.4) is 0 Å². The van der Waals surface area contributed by atoms with Gasteiger partial charge in [-0.3, -0.25) is 4.79 Å². The van der Waals surface area contributed by atoms with Crippen LogP contribution in [0.15, 0.2) is 65.1 Å². The lowest BCUT2D eigenvalue weighted by molar-refractivity contribution is -0.120. The number of benzene rings is 3. The first kappa shape index (κ1) is 36.9. The van der Waals surface area contributed by atoms with Gasteiger partial charge in [0.1, 0.15) is 30.2 Å². The van der Waals surface area contributed by atoms with Gasteiger partial charge in [-0.05, 0) is 77.3 Å². The van der Waals surface area contributed by atoms with Crippen molar-refractivity contribution in [2.45, 2.75) is 99.3 Å². The molecule has 2 aromatic carbocycles. The number of rotatable bonds is 19. The Morgan fingerprint density at radius 1 is 0.792 bits per heavy atom. The van der Waals surface area contributed by atoms with Crippen LogP contribution in [0.25, 0.3) is 33.4 Å². The quantitative estimate of drug-likeness (QED) is 0.0436. The van der Waals surface area contributed by atoms with Crippen LogP contribution >= 0.6 is 0 Å². The van der Waals surface area contributed by atoms with Crippen LogP contribution in [0, 0.1) is 5.92 Å². The predicted octanol–water partition coefficient (Wildman–Crippen LogP) is 9.76. The summed E-state index contributed by atoms with van der Waals surface area (Å²) in [6.45, 7) is 16.4. The summed E-state index contributed by atoms with van der Waals surface area (Å²) in [5.41, 5.74) is 5.32. The van der Waals surface area contributed by atoms with Crippen LogP contribution < -0.4 is 14.8 Å². The fourth-order valence-electron chi connectivity index (χ4n) is 6.67. The lowest BCUT2D eigenvalue weighted by Gasteiger charge is -2.22. The molecule has 0 N–H and O–H groups in total. The molecular weight excluding hydrogens is 596 g/mol. The van der Waals surface area contributed by atoms with Crippen molar-refractivity contribution in [2.24, 2.45) is 5.92 Å². The van der Waals surface area contributed by atoms with Gasteiger partial charge in [0.25, 0.3) is 0 Å². The summed E-state index contributed by atoms with van der Waals surface area (Å²) in [6.07, 6.45) is 10.0. The molecule has 1 unspecified atom stereocenters. The lowest BCUT2D eigenvalue weighted by atomic mass is 9.90. The number of hydrogen-bond donors (Lipinski definition) is 0. The summed E-state index contributed by atoms with van der Waals surface area (Å²) >= 11 is 0. The van der Waals surface area contributed by atoms with Gasteiger partial charge in [0, 0.05) is 53.3 Å². The number of hydrogen-bond acceptors (Lipinski definition) is 5. The van der Waals surface area contributed by atoms with E-state index in [2.05, 4.69) is 73.6 Å². The number of Topliss-reactive ketones (excluding diaryl/α,β-unsaturated/α-hetero) is 1. The van der Waals surface area contributed by atoms with Crippen molar-refractivity contribution in [1.82, 2.24) is 4.58 Å². The van der Waals surface area contributed by atoms with Crippen molar-refractivity contribution < 1.29 is 18.7 Å². The molecule has 48 heavy (non-hydrogen) atoms. The first-order valence-corrected chi connectivity index (χ1v) is 18.4. The van der Waals surface area contributed by atoms with Crippen LogP contribution in [0.1, 0.15) is 110 Å². The van der Waals surface area contributed by atoms with Gasteiger partial charge in [-0.1, -0.05) is 70.1 Å². The smallest absolute Gasteiger partial charge is 0.338 e. The van der Waals surface area contributed by atoms with E-state index in [0.29, 0.717) is 18.0 Å². The molecule has 2 aromatic rings. The molecule has 0 amide bonds. The number of carbonyl (C=O) groups is 2. The van der Waals surface area contributed by atoms with Gasteiger partial charge in [-0.25, -0.2) is 9.37 Å². The van der Waals surface area contributed by atoms with E-state index < -0.39 is 0 Å². The van der Waals surface area contributed by atoms with Crippen LogP contribution in [0.4, 0.5) is 5.69 Å². The second-order valence-electron chi connectivity index (χ2n) is 13.0. The Hall–Kier alpha value is -3.93. The number of nitrogens with zero attached hydrogens (tertiary/aromatic N) is 2. The van der Waals surface area contributed by atoms with Crippen molar-refractivity contribution in [3.63, 3.8) is 0 Å². The molecule has 0 aromatic heterocycles. The van der Waals surface area contributed by atoms with E-state index in [-0.39, 0.29) is 11.9 Å². The Morgan fingerprint density at radius 3 is 2.12 bits per heavy atom. The van der Waals surface area contributed by atoms with E-state index in [1.165, 1.54) is 25.7 Å². The zero-order valence-electron chi connectivity index (χ0n) is 30.3. The van der Waals surface area contributed by atoms with Crippen LogP contribution in [0.2, 0.25) is 0 Å². The average molecular weight is 654 g/mol. The van der Waals surface area contributed by atoms with E-state index in [1.54, 1.807) is 6.92 Å². The highest BCUT2D eigenvalue weighted by molar-refractivity contribution is 6.08. The third-order valence-electron chi connectivity index (χ3n) is 9.82. The van der Waals surface area contributed by atoms with Crippen LogP contribution in [0.5, 0.6) is 0 Å². The SMILES string of the molecule is CCN(CC)c1ccc2c(-c3ccccc3C(=O)OCCCCCCCCCCC(C)C(C)=O)c3ccc(=[N+](CC)CC)cc-3oc2c1. The molecule has 0 radical (unpaired) electrons. The maximum absolute atomic E-state index is 13.6. The van der Waals surface area contributed by atoms with Gasteiger partial charge < -0.3 is 14.1 Å². The normalized spacial score (nSPS) is 12.0. The van der Waals surface area contributed by atoms with Crippen LogP contribution in [-0.4, -0.2) is 44.5 Å². The molecule has 6 nitrogen and oxygen atoms in total. The average Bonchev–Trinajstić information content (AvgIpc) is 3.10. The highest BCUT2D eigenvalue weighted by Crippen LogP contribution is 2.42. The van der Waals surface area contributed by atoms with E-state index in [1.807, 2.05) is 31.2 Å². The molecule has 0 saturated carbocycles. The molecule has 4 rings (SSSR count). The van der Waals surface area contributed by atoms with Crippen molar-refractivity contribution >= 4 is 28.4 Å². The van der Waals surface area contributed by atoms with Crippen molar-refractivity contribution in [2.75, 3.05) is 37.7 Å². The molecule has 1 heterocycles. The number of fused-ring (bicyclic) bond motifs is 2. The fraction of sp³-hybridized carbons (Fsp3) is 0.500. The number of anilines is 1. The van der Waals surface area contributed by atoms with Gasteiger partial charge in [-0.2, -0.15) is 0 Å². The molecule has 2 aliphatic rings. The third-order valence-corrected chi connectivity index (χ3v) is 9.82. The predicted molar refractivity (Wildman–Crippen MR) is 200 cm³/mol. The summed E-state index contributed by atoms with van der Waals surface area (Å²) in [7, 11) is 0. The molecule has 258 valence electrons. The Bertz CT molecular complexity index is 1680. The zero-order chi connectivity index (χ0) is 34.5. The Labute approximate surface area is 288 Å². The molecule has 0 bridgehead atoms. The topological polar surface area (TPSA) is 62.8 Å². The summed E-state index contributed by atoms with van der Waals surface area (Å²) in [5.74, 6) is 1.00. The fourth-order valence-corrected chi connectivity index (χ4v) is 6.67. The second-order valence-corrected chi connectivity index (χ2v) is 13.0. The first-order valence-electron chi connectivity index (χ1n) is 18.4. The molecular formula is C42H57N2O4+. The number of ketones is 1. The number of carbonyl (C=O) groups excluding carboxylic acids is 2. The largest absolute Gasteiger partial charge is 0.462 e. The Kier molecular flexibility index (Phi) is 14.3. The minimum absolute atomic E-state index is 0.193. The molecule has 6 heteroatoms. The third kappa shape index (κ3) is 9.36. The van der Waals surface area contributed by atoms with Crippen molar-refractivity contribution in [3.05, 3.63) is 71.6 Å². The monoisotopic (exact) mass is 653 g/mol. The summed E-state index contributed by atoms with van der Waals surface area (Å²) in [4.78, 5) is 27.3. The van der Waals surface area contributed by atoms with Crippen molar-refractivity contribution in [1.29, 1.82) is 0 Å². The molecule has 0 spiro atoms. The maximum atomic E-state index is 13.6. The standard InChI is InChI=1S/C42H57N2O4/c1-7-43(8-2)33-24-26-37-39(29-33)48-40-30-34(44(9-3)10-4)25-27-38(40)41(37)35-22-18-19-23-36(35)42(46)47-28-20-16-14-12-11-13-15-17-21-31(5)32(6)45/h18-19,22-27,29-31H,7-17,20-21,28H2,1-6H3/q+1. The zero-order valence-corrected chi connectivity index (χ0v) is 30.3.